The van der Waals surface area contributed by atoms with Crippen LogP contribution in [-0.2, 0) is 0 Å². The second-order valence-corrected chi connectivity index (χ2v) is 7.41. The summed E-state index contributed by atoms with van der Waals surface area (Å²) in [5.74, 6) is 0.741. The highest BCUT2D eigenvalue weighted by molar-refractivity contribution is 6.31. The van der Waals surface area contributed by atoms with Gasteiger partial charge in [-0.05, 0) is 30.3 Å². The number of aromatic nitrogens is 1. The standard InChI is InChI=1S/C20H17ClN2O3/c21-13-5-6-17-14(11-13)16(24)12-20(26-17)7-9-23(10-8-20)19-22-15-3-1-2-4-18(15)25-19/h1-6,11H,7-10,12H2. The quantitative estimate of drug-likeness (QED) is 0.633. The number of carbonyl (C=O) groups excluding carboxylic acids is 1. The van der Waals surface area contributed by atoms with Crippen molar-refractivity contribution in [2.75, 3.05) is 18.0 Å². The van der Waals surface area contributed by atoms with Gasteiger partial charge in [-0.3, -0.25) is 4.79 Å². The van der Waals surface area contributed by atoms with Gasteiger partial charge in [0.1, 0.15) is 16.9 Å². The molecule has 1 aromatic heterocycles. The molecule has 0 radical (unpaired) electrons. The van der Waals surface area contributed by atoms with Gasteiger partial charge in [0.25, 0.3) is 6.01 Å². The molecule has 3 aromatic rings. The van der Waals surface area contributed by atoms with Gasteiger partial charge in [0.05, 0.1) is 12.0 Å². The fourth-order valence-electron chi connectivity index (χ4n) is 3.85. The molecule has 0 amide bonds. The van der Waals surface area contributed by atoms with E-state index < -0.39 is 5.60 Å². The van der Waals surface area contributed by atoms with E-state index >= 15 is 0 Å². The minimum absolute atomic E-state index is 0.101. The summed E-state index contributed by atoms with van der Waals surface area (Å²) in [6, 6.07) is 13.6. The van der Waals surface area contributed by atoms with Crippen LogP contribution in [0.1, 0.15) is 29.6 Å². The average Bonchev–Trinajstić information content (AvgIpc) is 3.07. The Morgan fingerprint density at radius 1 is 1.12 bits per heavy atom. The zero-order valence-electron chi connectivity index (χ0n) is 14.1. The molecule has 2 aliphatic rings. The van der Waals surface area contributed by atoms with Crippen LogP contribution in [0.3, 0.4) is 0 Å². The molecule has 0 N–H and O–H groups in total. The van der Waals surface area contributed by atoms with Gasteiger partial charge < -0.3 is 14.1 Å². The van der Waals surface area contributed by atoms with Gasteiger partial charge >= 0.3 is 0 Å². The molecule has 2 aromatic carbocycles. The Morgan fingerprint density at radius 2 is 1.92 bits per heavy atom. The zero-order valence-corrected chi connectivity index (χ0v) is 14.8. The molecule has 6 heteroatoms. The lowest BCUT2D eigenvalue weighted by atomic mass is 9.82. The summed E-state index contributed by atoms with van der Waals surface area (Å²) in [5, 5.41) is 0.558. The number of para-hydroxylation sites is 2. The number of nitrogens with zero attached hydrogens (tertiary/aromatic N) is 2. The molecule has 1 saturated heterocycles. The van der Waals surface area contributed by atoms with E-state index in [4.69, 9.17) is 20.8 Å². The average molecular weight is 369 g/mol. The van der Waals surface area contributed by atoms with Crippen LogP contribution < -0.4 is 9.64 Å². The van der Waals surface area contributed by atoms with Gasteiger partial charge in [0.15, 0.2) is 11.4 Å². The van der Waals surface area contributed by atoms with E-state index in [0.29, 0.717) is 28.8 Å². The number of rotatable bonds is 1. The first-order valence-corrected chi connectivity index (χ1v) is 9.12. The number of halogens is 1. The summed E-state index contributed by atoms with van der Waals surface area (Å²) >= 11 is 6.01. The van der Waals surface area contributed by atoms with E-state index in [2.05, 4.69) is 9.88 Å². The van der Waals surface area contributed by atoms with Gasteiger partial charge in [-0.25, -0.2) is 0 Å². The van der Waals surface area contributed by atoms with Crippen LogP contribution in [-0.4, -0.2) is 29.5 Å². The van der Waals surface area contributed by atoms with Gasteiger partial charge in [0.2, 0.25) is 0 Å². The number of Topliss-reactive ketones (excluding diaryl/α,β-unsaturated/α-hetero) is 1. The predicted molar refractivity (Wildman–Crippen MR) is 99.2 cm³/mol. The first-order chi connectivity index (χ1) is 12.6. The molecule has 2 aliphatic heterocycles. The van der Waals surface area contributed by atoms with Crippen LogP contribution in [0.2, 0.25) is 5.02 Å². The molecule has 0 aliphatic carbocycles. The normalized spacial score (nSPS) is 18.8. The molecule has 132 valence electrons. The van der Waals surface area contributed by atoms with Crippen LogP contribution in [0.25, 0.3) is 11.1 Å². The van der Waals surface area contributed by atoms with Gasteiger partial charge in [0, 0.05) is 31.0 Å². The molecule has 0 atom stereocenters. The maximum absolute atomic E-state index is 12.6. The highest BCUT2D eigenvalue weighted by atomic mass is 35.5. The number of hydrogen-bond donors (Lipinski definition) is 0. The number of carbonyl (C=O) groups is 1. The summed E-state index contributed by atoms with van der Waals surface area (Å²) in [4.78, 5) is 19.3. The SMILES string of the molecule is O=C1CC2(CCN(c3nc4ccccc4o3)CC2)Oc2ccc(Cl)cc21. The van der Waals surface area contributed by atoms with Crippen molar-refractivity contribution in [1.82, 2.24) is 4.98 Å². The molecular weight excluding hydrogens is 352 g/mol. The van der Waals surface area contributed by atoms with Crippen molar-refractivity contribution >= 4 is 34.5 Å². The molecule has 0 unspecified atom stereocenters. The third kappa shape index (κ3) is 2.54. The second-order valence-electron chi connectivity index (χ2n) is 6.98. The molecule has 1 fully saturated rings. The molecule has 5 rings (SSSR count). The number of hydrogen-bond acceptors (Lipinski definition) is 5. The summed E-state index contributed by atoms with van der Waals surface area (Å²) in [5.41, 5.74) is 1.79. The lowest BCUT2D eigenvalue weighted by Crippen LogP contribution is -2.51. The van der Waals surface area contributed by atoms with Crippen molar-refractivity contribution in [1.29, 1.82) is 0 Å². The molecule has 1 spiro atoms. The summed E-state index contributed by atoms with van der Waals surface area (Å²) in [7, 11) is 0. The van der Waals surface area contributed by atoms with Crippen molar-refractivity contribution < 1.29 is 13.9 Å². The van der Waals surface area contributed by atoms with Gasteiger partial charge in [-0.2, -0.15) is 4.98 Å². The Morgan fingerprint density at radius 3 is 2.73 bits per heavy atom. The first-order valence-electron chi connectivity index (χ1n) is 8.74. The number of ketones is 1. The van der Waals surface area contributed by atoms with E-state index in [1.807, 2.05) is 24.3 Å². The van der Waals surface area contributed by atoms with Crippen molar-refractivity contribution in [3.63, 3.8) is 0 Å². The summed E-state index contributed by atoms with van der Waals surface area (Å²) in [6.45, 7) is 1.48. The molecule has 0 bridgehead atoms. The third-order valence-corrected chi connectivity index (χ3v) is 5.51. The number of fused-ring (bicyclic) bond motifs is 2. The Balaban J connectivity index is 1.36. The minimum Gasteiger partial charge on any atom is -0.486 e. The van der Waals surface area contributed by atoms with Crippen molar-refractivity contribution in [3.8, 4) is 5.75 Å². The lowest BCUT2D eigenvalue weighted by Gasteiger charge is -2.43. The third-order valence-electron chi connectivity index (χ3n) is 5.28. The Kier molecular flexibility index (Phi) is 3.47. The maximum atomic E-state index is 12.6. The lowest BCUT2D eigenvalue weighted by molar-refractivity contribution is 0.0227. The smallest absolute Gasteiger partial charge is 0.298 e. The van der Waals surface area contributed by atoms with E-state index in [9.17, 15) is 4.79 Å². The number of anilines is 1. The Hall–Kier alpha value is -2.53. The molecule has 0 saturated carbocycles. The van der Waals surface area contributed by atoms with E-state index in [1.165, 1.54) is 0 Å². The molecule has 26 heavy (non-hydrogen) atoms. The fourth-order valence-corrected chi connectivity index (χ4v) is 4.02. The van der Waals surface area contributed by atoms with Crippen LogP contribution in [0.4, 0.5) is 6.01 Å². The van der Waals surface area contributed by atoms with Crippen molar-refractivity contribution in [2.24, 2.45) is 0 Å². The minimum atomic E-state index is -0.444. The zero-order chi connectivity index (χ0) is 17.7. The van der Waals surface area contributed by atoms with Crippen LogP contribution in [0.5, 0.6) is 5.75 Å². The molecule has 3 heterocycles. The van der Waals surface area contributed by atoms with Crippen LogP contribution in [0, 0.1) is 0 Å². The van der Waals surface area contributed by atoms with Crippen LogP contribution in [0.15, 0.2) is 46.9 Å². The van der Waals surface area contributed by atoms with Crippen molar-refractivity contribution in [2.45, 2.75) is 24.9 Å². The van der Waals surface area contributed by atoms with E-state index in [0.717, 1.165) is 37.0 Å². The maximum Gasteiger partial charge on any atom is 0.298 e. The molecular formula is C20H17ClN2O3. The number of oxazole rings is 1. The highest BCUT2D eigenvalue weighted by Crippen LogP contribution is 2.41. The van der Waals surface area contributed by atoms with E-state index in [1.54, 1.807) is 18.2 Å². The number of piperidine rings is 1. The van der Waals surface area contributed by atoms with Crippen LogP contribution >= 0.6 is 11.6 Å². The molecule has 5 nitrogen and oxygen atoms in total. The largest absolute Gasteiger partial charge is 0.486 e. The number of ether oxygens (including phenoxy) is 1. The predicted octanol–water partition coefficient (Wildman–Crippen LogP) is 4.49. The Labute approximate surface area is 155 Å². The van der Waals surface area contributed by atoms with Gasteiger partial charge in [-0.15, -0.1) is 0 Å². The monoisotopic (exact) mass is 368 g/mol. The fraction of sp³-hybridized carbons (Fsp3) is 0.300. The highest BCUT2D eigenvalue weighted by Gasteiger charge is 2.43. The number of benzene rings is 2. The second kappa shape index (κ2) is 5.74. The first kappa shape index (κ1) is 15.7. The Bertz CT molecular complexity index is 972. The van der Waals surface area contributed by atoms with Crippen molar-refractivity contribution in [3.05, 3.63) is 53.1 Å². The summed E-state index contributed by atoms with van der Waals surface area (Å²) in [6.07, 6.45) is 1.89. The van der Waals surface area contributed by atoms with E-state index in [-0.39, 0.29) is 5.78 Å². The topological polar surface area (TPSA) is 55.6 Å². The summed E-state index contributed by atoms with van der Waals surface area (Å²) < 4.78 is 12.1. The van der Waals surface area contributed by atoms with Gasteiger partial charge in [-0.1, -0.05) is 23.7 Å².